The zero-order chi connectivity index (χ0) is 15.6. The van der Waals surface area contributed by atoms with Crippen LogP contribution in [0.3, 0.4) is 0 Å². The maximum absolute atomic E-state index is 12.0. The molecule has 2 N–H and O–H groups in total. The van der Waals surface area contributed by atoms with Crippen LogP contribution in [0.2, 0.25) is 0 Å². The number of nitrogens with one attached hydrogen (secondary N) is 1. The summed E-state index contributed by atoms with van der Waals surface area (Å²) in [6, 6.07) is 7.19. The van der Waals surface area contributed by atoms with Gasteiger partial charge in [-0.05, 0) is 46.3 Å². The second-order valence-electron chi connectivity index (χ2n) is 4.14. The molecule has 0 saturated heterocycles. The monoisotopic (exact) mass is 389 g/mol. The molecule has 21 heavy (non-hydrogen) atoms. The Hall–Kier alpha value is -1.38. The maximum atomic E-state index is 12.0. The van der Waals surface area contributed by atoms with Gasteiger partial charge in [-0.3, -0.25) is 4.79 Å². The number of aromatic hydroxyl groups is 1. The first-order valence-electron chi connectivity index (χ1n) is 5.96. The summed E-state index contributed by atoms with van der Waals surface area (Å²) >= 11 is 4.50. The third-order valence-electron chi connectivity index (χ3n) is 2.75. The molecular formula is C13H12BrNO4S2. The minimum Gasteiger partial charge on any atom is -0.506 e. The number of amides is 1. The second-order valence-corrected chi connectivity index (χ2v) is 8.88. The number of sulfone groups is 1. The van der Waals surface area contributed by atoms with Crippen LogP contribution in [0.15, 0.2) is 39.0 Å². The number of carbonyl (C=O) groups is 1. The van der Waals surface area contributed by atoms with E-state index in [9.17, 15) is 18.3 Å². The summed E-state index contributed by atoms with van der Waals surface area (Å²) in [5.74, 6) is -0.649. The molecule has 8 heteroatoms. The van der Waals surface area contributed by atoms with Gasteiger partial charge in [0.15, 0.2) is 9.84 Å². The van der Waals surface area contributed by atoms with Gasteiger partial charge in [0.2, 0.25) is 0 Å². The van der Waals surface area contributed by atoms with Gasteiger partial charge < -0.3 is 10.4 Å². The zero-order valence-corrected chi connectivity index (χ0v) is 14.2. The molecule has 0 unspecified atom stereocenters. The molecule has 2 aromatic rings. The van der Waals surface area contributed by atoms with Crippen molar-refractivity contribution in [3.05, 3.63) is 39.0 Å². The van der Waals surface area contributed by atoms with Gasteiger partial charge in [-0.15, -0.1) is 11.3 Å². The van der Waals surface area contributed by atoms with Crippen molar-refractivity contribution in [1.29, 1.82) is 0 Å². The summed E-state index contributed by atoms with van der Waals surface area (Å²) < 4.78 is 24.5. The fourth-order valence-corrected chi connectivity index (χ4v) is 3.78. The normalized spacial score (nSPS) is 11.3. The quantitative estimate of drug-likeness (QED) is 0.785. The lowest BCUT2D eigenvalue weighted by molar-refractivity contribution is 0.103. The van der Waals surface area contributed by atoms with E-state index in [4.69, 9.17) is 0 Å². The summed E-state index contributed by atoms with van der Waals surface area (Å²) in [6.07, 6.45) is 0. The molecule has 0 aliphatic rings. The van der Waals surface area contributed by atoms with E-state index in [2.05, 4.69) is 21.2 Å². The van der Waals surface area contributed by atoms with Crippen molar-refractivity contribution >= 4 is 48.7 Å². The molecule has 0 fully saturated rings. The number of halogens is 1. The highest BCUT2D eigenvalue weighted by molar-refractivity contribution is 9.11. The molecule has 5 nitrogen and oxygen atoms in total. The molecule has 112 valence electrons. The Balaban J connectivity index is 2.32. The van der Waals surface area contributed by atoms with Gasteiger partial charge in [0.25, 0.3) is 5.91 Å². The molecule has 0 saturated carbocycles. The zero-order valence-electron chi connectivity index (χ0n) is 11.0. The first kappa shape index (κ1) is 16.0. The summed E-state index contributed by atoms with van der Waals surface area (Å²) in [5.41, 5.74) is 0.0686. The van der Waals surface area contributed by atoms with Crippen LogP contribution in [0.5, 0.6) is 5.75 Å². The van der Waals surface area contributed by atoms with Crippen molar-refractivity contribution in [2.45, 2.75) is 11.8 Å². The van der Waals surface area contributed by atoms with Crippen molar-refractivity contribution in [1.82, 2.24) is 0 Å². The molecule has 0 bridgehead atoms. The summed E-state index contributed by atoms with van der Waals surface area (Å²) in [6.45, 7) is 1.53. The highest BCUT2D eigenvalue weighted by Crippen LogP contribution is 2.29. The predicted octanol–water partition coefficient (Wildman–Crippen LogP) is 3.26. The number of rotatable bonds is 4. The molecule has 1 aromatic heterocycles. The Morgan fingerprint density at radius 1 is 1.33 bits per heavy atom. The largest absolute Gasteiger partial charge is 0.506 e. The number of hydrogen-bond donors (Lipinski definition) is 2. The fraction of sp³-hybridized carbons (Fsp3) is 0.154. The minimum atomic E-state index is -3.40. The smallest absolute Gasteiger partial charge is 0.265 e. The third kappa shape index (κ3) is 3.63. The third-order valence-corrected chi connectivity index (χ3v) is 6.11. The second kappa shape index (κ2) is 6.17. The van der Waals surface area contributed by atoms with Crippen molar-refractivity contribution < 1.29 is 18.3 Å². The first-order chi connectivity index (χ1) is 9.83. The topological polar surface area (TPSA) is 83.5 Å². The van der Waals surface area contributed by atoms with Gasteiger partial charge in [-0.25, -0.2) is 8.42 Å². The number of hydrogen-bond acceptors (Lipinski definition) is 5. The van der Waals surface area contributed by atoms with Crippen LogP contribution in [0.25, 0.3) is 0 Å². The van der Waals surface area contributed by atoms with Crippen LogP contribution in [-0.2, 0) is 9.84 Å². The number of anilines is 1. The Morgan fingerprint density at radius 3 is 2.62 bits per heavy atom. The van der Waals surface area contributed by atoms with Crippen molar-refractivity contribution in [3.8, 4) is 5.75 Å². The molecule has 1 heterocycles. The lowest BCUT2D eigenvalue weighted by Crippen LogP contribution is -2.11. The van der Waals surface area contributed by atoms with Crippen LogP contribution in [-0.4, -0.2) is 25.2 Å². The molecule has 0 aliphatic heterocycles. The van der Waals surface area contributed by atoms with Gasteiger partial charge in [0.1, 0.15) is 5.75 Å². The highest BCUT2D eigenvalue weighted by atomic mass is 79.9. The van der Waals surface area contributed by atoms with E-state index >= 15 is 0 Å². The number of benzene rings is 1. The standard InChI is InChI=1S/C13H12BrNO4S2/c1-2-21(18,19)8-3-4-10(16)9(7-8)15-13(17)11-5-6-12(14)20-11/h3-7,16H,2H2,1H3,(H,15,17). The van der Waals surface area contributed by atoms with E-state index in [0.717, 1.165) is 3.79 Å². The van der Waals surface area contributed by atoms with Gasteiger partial charge in [-0.2, -0.15) is 0 Å². The SMILES string of the molecule is CCS(=O)(=O)c1ccc(O)c(NC(=O)c2ccc(Br)s2)c1. The number of phenolic OH excluding ortho intramolecular Hbond substituents is 1. The number of carbonyl (C=O) groups excluding carboxylic acids is 1. The van der Waals surface area contributed by atoms with Gasteiger partial charge >= 0.3 is 0 Å². The summed E-state index contributed by atoms with van der Waals surface area (Å²) in [4.78, 5) is 12.5. The lowest BCUT2D eigenvalue weighted by atomic mass is 10.3. The van der Waals surface area contributed by atoms with Crippen molar-refractivity contribution in [2.24, 2.45) is 0 Å². The molecule has 0 radical (unpaired) electrons. The predicted molar refractivity (Wildman–Crippen MR) is 85.8 cm³/mol. The molecule has 0 atom stereocenters. The minimum absolute atomic E-state index is 0.0525. The molecule has 0 aliphatic carbocycles. The van der Waals surface area contributed by atoms with E-state index in [1.807, 2.05) is 0 Å². The summed E-state index contributed by atoms with van der Waals surface area (Å²) in [5, 5.41) is 12.3. The lowest BCUT2D eigenvalue weighted by Gasteiger charge is -2.09. The Morgan fingerprint density at radius 2 is 2.05 bits per heavy atom. The first-order valence-corrected chi connectivity index (χ1v) is 9.22. The Bertz CT molecular complexity index is 783. The van der Waals surface area contributed by atoms with Gasteiger partial charge in [-0.1, -0.05) is 6.92 Å². The Kier molecular flexibility index (Phi) is 4.70. The molecule has 1 amide bonds. The van der Waals surface area contributed by atoms with Crippen LogP contribution >= 0.6 is 27.3 Å². The average molecular weight is 390 g/mol. The fourth-order valence-electron chi connectivity index (χ4n) is 1.60. The molecule has 0 spiro atoms. The van der Waals surface area contributed by atoms with Crippen LogP contribution in [0.1, 0.15) is 16.6 Å². The number of phenols is 1. The number of thiophene rings is 1. The molecule has 1 aromatic carbocycles. The van der Waals surface area contributed by atoms with Crippen LogP contribution in [0.4, 0.5) is 5.69 Å². The van der Waals surface area contributed by atoms with E-state index in [-0.39, 0.29) is 22.1 Å². The average Bonchev–Trinajstić information content (AvgIpc) is 2.87. The summed E-state index contributed by atoms with van der Waals surface area (Å²) in [7, 11) is -3.40. The van der Waals surface area contributed by atoms with Crippen molar-refractivity contribution in [2.75, 3.05) is 11.1 Å². The van der Waals surface area contributed by atoms with Crippen LogP contribution < -0.4 is 5.32 Å². The van der Waals surface area contributed by atoms with E-state index in [0.29, 0.717) is 4.88 Å². The molecule has 2 rings (SSSR count). The highest BCUT2D eigenvalue weighted by Gasteiger charge is 2.16. The van der Waals surface area contributed by atoms with E-state index in [1.165, 1.54) is 36.5 Å². The van der Waals surface area contributed by atoms with Gasteiger partial charge in [0, 0.05) is 0 Å². The maximum Gasteiger partial charge on any atom is 0.265 e. The van der Waals surface area contributed by atoms with Crippen LogP contribution in [0, 0.1) is 0 Å². The van der Waals surface area contributed by atoms with Crippen molar-refractivity contribution in [3.63, 3.8) is 0 Å². The van der Waals surface area contributed by atoms with E-state index in [1.54, 1.807) is 12.1 Å². The molecular weight excluding hydrogens is 378 g/mol. The van der Waals surface area contributed by atoms with E-state index < -0.39 is 15.7 Å². The van der Waals surface area contributed by atoms with Gasteiger partial charge in [0.05, 0.1) is 25.0 Å². The Labute approximate surface area is 134 Å².